The number of methoxy groups -OCH3 is 1. The van der Waals surface area contributed by atoms with Gasteiger partial charge in [0.05, 0.1) is 12.1 Å². The van der Waals surface area contributed by atoms with Gasteiger partial charge in [-0.25, -0.2) is 15.0 Å². The van der Waals surface area contributed by atoms with Crippen LogP contribution in [0.4, 0.5) is 5.82 Å². The largest absolute Gasteiger partial charge is 0.384 e. The minimum Gasteiger partial charge on any atom is -0.384 e. The van der Waals surface area contributed by atoms with E-state index in [-0.39, 0.29) is 41.3 Å². The second kappa shape index (κ2) is 10.4. The normalized spacial score (nSPS) is 21.1. The number of hydrogen-bond donors (Lipinski definition) is 1. The van der Waals surface area contributed by atoms with Crippen LogP contribution in [-0.4, -0.2) is 73.0 Å². The lowest BCUT2D eigenvalue weighted by Crippen LogP contribution is -2.46. The van der Waals surface area contributed by atoms with Crippen molar-refractivity contribution in [2.24, 2.45) is 5.41 Å². The van der Waals surface area contributed by atoms with Gasteiger partial charge in [0.1, 0.15) is 34.5 Å². The summed E-state index contributed by atoms with van der Waals surface area (Å²) in [5.41, 5.74) is 2.33. The van der Waals surface area contributed by atoms with E-state index in [0.29, 0.717) is 40.2 Å². The summed E-state index contributed by atoms with van der Waals surface area (Å²) in [6.45, 7) is 3.62. The molecular weight excluding hydrogens is 590 g/mol. The summed E-state index contributed by atoms with van der Waals surface area (Å²) in [6, 6.07) is 10.1. The van der Waals surface area contributed by atoms with Crippen molar-refractivity contribution in [2.75, 3.05) is 19.0 Å². The van der Waals surface area contributed by atoms with Crippen LogP contribution >= 0.6 is 15.9 Å². The average Bonchev–Trinajstić information content (AvgIpc) is 3.35. The molecule has 0 bridgehead atoms. The molecule has 1 saturated heterocycles. The van der Waals surface area contributed by atoms with E-state index in [2.05, 4.69) is 41.3 Å². The minimum atomic E-state index is -0.681. The van der Waals surface area contributed by atoms with Crippen LogP contribution in [0.3, 0.4) is 0 Å². The molecule has 1 N–H and O–H groups in total. The number of likely N-dealkylation sites (tertiary alicyclic amines) is 1. The van der Waals surface area contributed by atoms with Gasteiger partial charge in [-0.15, -0.1) is 0 Å². The summed E-state index contributed by atoms with van der Waals surface area (Å²) < 4.78 is 7.61. The predicted octanol–water partition coefficient (Wildman–Crippen LogP) is 3.81. The molecule has 6 rings (SSSR count). The molecule has 41 heavy (non-hydrogen) atoms. The number of fused-ring (bicyclic) bond motifs is 2. The molecule has 1 aromatic carbocycles. The fraction of sp³-hybridized carbons (Fsp3) is 0.345. The molecule has 2 fully saturated rings. The highest BCUT2D eigenvalue weighted by molar-refractivity contribution is 9.10. The number of piperidine rings is 1. The second-order valence-corrected chi connectivity index (χ2v) is 11.5. The van der Waals surface area contributed by atoms with Crippen molar-refractivity contribution >= 4 is 50.2 Å². The van der Waals surface area contributed by atoms with E-state index in [0.717, 1.165) is 17.5 Å². The number of amides is 2. The summed E-state index contributed by atoms with van der Waals surface area (Å²) in [5.74, 6) is 0.309. The number of ketones is 1. The Labute approximate surface area is 244 Å². The van der Waals surface area contributed by atoms with E-state index in [4.69, 9.17) is 4.74 Å². The molecule has 2 aliphatic rings. The number of Topliss-reactive ketones (excluding diaryl/α,β-unsaturated/α-hetero) is 1. The van der Waals surface area contributed by atoms with Crippen molar-refractivity contribution in [3.63, 3.8) is 0 Å². The molecule has 210 valence electrons. The minimum absolute atomic E-state index is 0.108. The molecule has 3 atom stereocenters. The third-order valence-corrected chi connectivity index (χ3v) is 8.33. The van der Waals surface area contributed by atoms with Gasteiger partial charge in [-0.2, -0.15) is 5.10 Å². The van der Waals surface area contributed by atoms with E-state index in [1.165, 1.54) is 6.92 Å². The molecule has 12 heteroatoms. The van der Waals surface area contributed by atoms with Crippen LogP contribution in [-0.2, 0) is 20.9 Å². The maximum absolute atomic E-state index is 13.9. The van der Waals surface area contributed by atoms with Crippen molar-refractivity contribution in [3.8, 4) is 11.1 Å². The Balaban J connectivity index is 1.30. The first-order chi connectivity index (χ1) is 19.7. The van der Waals surface area contributed by atoms with Gasteiger partial charge in [-0.1, -0.05) is 12.1 Å². The van der Waals surface area contributed by atoms with Gasteiger partial charge in [0, 0.05) is 48.8 Å². The first kappa shape index (κ1) is 27.2. The van der Waals surface area contributed by atoms with Gasteiger partial charge < -0.3 is 15.0 Å². The highest BCUT2D eigenvalue weighted by atomic mass is 79.9. The zero-order valence-electron chi connectivity index (χ0n) is 22.8. The number of nitrogens with zero attached hydrogens (tertiary/aromatic N) is 6. The number of pyridine rings is 1. The number of ether oxygens (including phenoxy) is 1. The van der Waals surface area contributed by atoms with Crippen molar-refractivity contribution in [2.45, 2.75) is 45.3 Å². The number of hydrogen-bond acceptors (Lipinski definition) is 8. The quantitative estimate of drug-likeness (QED) is 0.233. The van der Waals surface area contributed by atoms with E-state index < -0.39 is 6.04 Å². The molecule has 11 nitrogen and oxygen atoms in total. The van der Waals surface area contributed by atoms with Gasteiger partial charge in [0.25, 0.3) is 0 Å². The number of benzene rings is 1. The zero-order chi connectivity index (χ0) is 28.9. The third-order valence-electron chi connectivity index (χ3n) is 7.89. The lowest BCUT2D eigenvalue weighted by Gasteiger charge is -2.26. The van der Waals surface area contributed by atoms with E-state index >= 15 is 0 Å². The monoisotopic (exact) mass is 617 g/mol. The average molecular weight is 618 g/mol. The Bertz CT molecular complexity index is 1690. The van der Waals surface area contributed by atoms with E-state index in [9.17, 15) is 14.4 Å². The van der Waals surface area contributed by atoms with Gasteiger partial charge >= 0.3 is 0 Å². The fourth-order valence-electron chi connectivity index (χ4n) is 5.89. The Morgan fingerprint density at radius 1 is 1.12 bits per heavy atom. The zero-order valence-corrected chi connectivity index (χ0v) is 24.4. The van der Waals surface area contributed by atoms with Crippen LogP contribution in [0.15, 0.2) is 53.4 Å². The summed E-state index contributed by atoms with van der Waals surface area (Å²) in [5, 5.41) is 8.03. The van der Waals surface area contributed by atoms with Crippen molar-refractivity contribution < 1.29 is 19.1 Å². The predicted molar refractivity (Wildman–Crippen MR) is 154 cm³/mol. The van der Waals surface area contributed by atoms with Gasteiger partial charge in [0.2, 0.25) is 11.8 Å². The molecule has 1 saturated carbocycles. The fourth-order valence-corrected chi connectivity index (χ4v) is 6.23. The van der Waals surface area contributed by atoms with Crippen molar-refractivity contribution in [3.05, 3.63) is 64.9 Å². The number of carbonyl (C=O) groups excluding carboxylic acids is 3. The topological polar surface area (TPSA) is 132 Å². The first-order valence-corrected chi connectivity index (χ1v) is 14.0. The van der Waals surface area contributed by atoms with Crippen LogP contribution in [0.2, 0.25) is 0 Å². The smallest absolute Gasteiger partial charge is 0.248 e. The van der Waals surface area contributed by atoms with Crippen LogP contribution in [0.25, 0.3) is 22.0 Å². The van der Waals surface area contributed by atoms with Gasteiger partial charge in [-0.05, 0) is 65.5 Å². The molecule has 4 aromatic rings. The molecule has 1 aliphatic carbocycles. The van der Waals surface area contributed by atoms with Crippen LogP contribution in [0.1, 0.15) is 36.1 Å². The maximum atomic E-state index is 13.9. The second-order valence-electron chi connectivity index (χ2n) is 10.7. The highest BCUT2D eigenvalue weighted by Gasteiger charge is 2.67. The van der Waals surface area contributed by atoms with Crippen LogP contribution in [0.5, 0.6) is 0 Å². The number of nitrogens with one attached hydrogen (secondary N) is 1. The molecule has 3 aromatic heterocycles. The molecule has 1 aliphatic heterocycles. The molecular formula is C29H28BrN7O4. The maximum Gasteiger partial charge on any atom is 0.248 e. The molecule has 0 spiro atoms. The lowest BCUT2D eigenvalue weighted by atomic mass is 10.00. The molecule has 2 amide bonds. The van der Waals surface area contributed by atoms with Crippen molar-refractivity contribution in [1.29, 1.82) is 0 Å². The molecule has 0 radical (unpaired) electrons. The van der Waals surface area contributed by atoms with Crippen molar-refractivity contribution in [1.82, 2.24) is 29.6 Å². The summed E-state index contributed by atoms with van der Waals surface area (Å²) >= 11 is 3.32. The van der Waals surface area contributed by atoms with Crippen LogP contribution < -0.4 is 5.32 Å². The Morgan fingerprint density at radius 2 is 1.90 bits per heavy atom. The summed E-state index contributed by atoms with van der Waals surface area (Å²) in [7, 11) is 1.63. The number of aryl methyl sites for hydroxylation is 1. The summed E-state index contributed by atoms with van der Waals surface area (Å²) in [4.78, 5) is 54.4. The van der Waals surface area contributed by atoms with Crippen LogP contribution in [0, 0.1) is 12.3 Å². The van der Waals surface area contributed by atoms with E-state index in [1.807, 2.05) is 25.1 Å². The number of carbonyl (C=O) groups is 3. The molecule has 4 heterocycles. The SMILES string of the molecule is COC[C@]12CC1N(C(=O)Cn1nc(C(C)=O)c3cc(-c4cnc(C)nc4)ccc31)[C@H](C(=O)Nc1cccc(Br)n1)C2. The van der Waals surface area contributed by atoms with Gasteiger partial charge in [-0.3, -0.25) is 19.1 Å². The number of aromatic nitrogens is 5. The van der Waals surface area contributed by atoms with Gasteiger partial charge in [0.15, 0.2) is 5.78 Å². The third kappa shape index (κ3) is 5.02. The Hall–Kier alpha value is -4.03. The lowest BCUT2D eigenvalue weighted by molar-refractivity contribution is -0.138. The number of halogens is 1. The van der Waals surface area contributed by atoms with E-state index in [1.54, 1.807) is 47.3 Å². The first-order valence-electron chi connectivity index (χ1n) is 13.2. The number of rotatable bonds is 8. The number of anilines is 1. The molecule has 1 unspecified atom stereocenters. The summed E-state index contributed by atoms with van der Waals surface area (Å²) in [6.07, 6.45) is 4.73. The Kier molecular flexibility index (Phi) is 6.90. The highest BCUT2D eigenvalue weighted by Crippen LogP contribution is 2.59. The standard InChI is InChI=1S/C29H28BrN7O4/c1-16(38)27-20-9-18(19-12-31-17(2)32-13-19)7-8-21(20)36(35-27)14-26(39)37-22(10-29(15-41-3)11-23(29)37)28(40)34-25-6-4-5-24(30)33-25/h4-9,12-13,22-23H,10-11,14-15H2,1-3H3,(H,33,34,40)/t22-,23?,29-/m0/s1. The Morgan fingerprint density at radius 3 is 2.61 bits per heavy atom.